The molecule has 0 amide bonds. The first-order valence-electron chi connectivity index (χ1n) is 13.1. The van der Waals surface area contributed by atoms with Gasteiger partial charge in [-0.15, -0.1) is 0 Å². The van der Waals surface area contributed by atoms with Crippen LogP contribution in [0.5, 0.6) is 11.5 Å². The second-order valence-electron chi connectivity index (χ2n) is 9.17. The van der Waals surface area contributed by atoms with Crippen LogP contribution in [0.15, 0.2) is 59.0 Å². The van der Waals surface area contributed by atoms with Gasteiger partial charge in [0.2, 0.25) is 5.89 Å². The van der Waals surface area contributed by atoms with Crippen molar-refractivity contribution in [2.75, 3.05) is 27.4 Å². The predicted octanol–water partition coefficient (Wildman–Crippen LogP) is 8.79. The van der Waals surface area contributed by atoms with Crippen molar-refractivity contribution in [3.63, 3.8) is 0 Å². The van der Waals surface area contributed by atoms with E-state index in [1.165, 1.54) is 14.2 Å². The molecular weight excluding hydrogens is 640 g/mol. The summed E-state index contributed by atoms with van der Waals surface area (Å²) in [6, 6.07) is 11.6. The second kappa shape index (κ2) is 15.3. The minimum atomic E-state index is -0.470. The molecule has 12 heteroatoms. The SMILES string of the molecule is COC(=O)CCc1cc(Cl)c(OCC/C=C/CCOc2c(Cl)cc(-c3nc4ccc(C(=O)OC)cc4o3)cc2Cl)c(Cl)c1. The Kier molecular flexibility index (Phi) is 11.6. The van der Waals surface area contributed by atoms with Crippen molar-refractivity contribution in [2.24, 2.45) is 0 Å². The molecule has 43 heavy (non-hydrogen) atoms. The summed E-state index contributed by atoms with van der Waals surface area (Å²) in [7, 11) is 2.66. The average molecular weight is 667 g/mol. The van der Waals surface area contributed by atoms with Crippen molar-refractivity contribution in [3.05, 3.63) is 85.8 Å². The highest BCUT2D eigenvalue weighted by Crippen LogP contribution is 2.38. The number of oxazole rings is 1. The Morgan fingerprint density at radius 1 is 0.814 bits per heavy atom. The summed E-state index contributed by atoms with van der Waals surface area (Å²) in [6.07, 6.45) is 5.86. The standard InChI is InChI=1S/C31H27Cl4NO7/c1-39-27(37)10-7-18-13-21(32)28(22(33)14-18)41-11-5-3-4-6-12-42-29-23(34)15-20(16-24(29)35)30-36-25-9-8-19(31(38)40-2)17-26(25)43-30/h3-4,8-9,13-17H,5-7,10-12H2,1-2H3/b4-3+. The monoisotopic (exact) mass is 665 g/mol. The number of fused-ring (bicyclic) bond motifs is 1. The quantitative estimate of drug-likeness (QED) is 0.0793. The van der Waals surface area contributed by atoms with Crippen LogP contribution < -0.4 is 9.47 Å². The lowest BCUT2D eigenvalue weighted by atomic mass is 10.1. The number of hydrogen-bond acceptors (Lipinski definition) is 8. The maximum atomic E-state index is 11.8. The van der Waals surface area contributed by atoms with Gasteiger partial charge >= 0.3 is 11.9 Å². The van der Waals surface area contributed by atoms with Gasteiger partial charge in [0.05, 0.1) is 53.1 Å². The number of esters is 2. The number of hydrogen-bond donors (Lipinski definition) is 0. The summed E-state index contributed by atoms with van der Waals surface area (Å²) in [6.45, 7) is 0.720. The third-order valence-corrected chi connectivity index (χ3v) is 7.31. The zero-order valence-electron chi connectivity index (χ0n) is 23.3. The van der Waals surface area contributed by atoms with Crippen molar-refractivity contribution < 1.29 is 33.0 Å². The molecule has 4 rings (SSSR count). The molecular formula is C31H27Cl4NO7. The first-order chi connectivity index (χ1) is 20.7. The van der Waals surface area contributed by atoms with Crippen molar-refractivity contribution in [1.82, 2.24) is 4.98 Å². The highest BCUT2D eigenvalue weighted by Gasteiger charge is 2.16. The first-order valence-corrected chi connectivity index (χ1v) is 14.6. The van der Waals surface area contributed by atoms with E-state index in [2.05, 4.69) is 9.72 Å². The van der Waals surface area contributed by atoms with Crippen molar-refractivity contribution in [3.8, 4) is 23.0 Å². The van der Waals surface area contributed by atoms with E-state index in [1.54, 1.807) is 42.5 Å². The smallest absolute Gasteiger partial charge is 0.337 e. The summed E-state index contributed by atoms with van der Waals surface area (Å²) in [5, 5.41) is 1.38. The number of aromatic nitrogens is 1. The summed E-state index contributed by atoms with van der Waals surface area (Å²) in [4.78, 5) is 27.6. The zero-order valence-corrected chi connectivity index (χ0v) is 26.3. The molecule has 0 aliphatic carbocycles. The van der Waals surface area contributed by atoms with E-state index >= 15 is 0 Å². The van der Waals surface area contributed by atoms with Crippen LogP contribution in [0.25, 0.3) is 22.6 Å². The van der Waals surface area contributed by atoms with Crippen LogP contribution >= 0.6 is 46.4 Å². The van der Waals surface area contributed by atoms with Gasteiger partial charge < -0.3 is 23.4 Å². The third kappa shape index (κ3) is 8.57. The Balaban J connectivity index is 1.25. The van der Waals surface area contributed by atoms with Crippen LogP contribution in [0.4, 0.5) is 0 Å². The van der Waals surface area contributed by atoms with Gasteiger partial charge in [-0.3, -0.25) is 4.79 Å². The van der Waals surface area contributed by atoms with Crippen molar-refractivity contribution in [2.45, 2.75) is 25.7 Å². The number of halogens is 4. The topological polar surface area (TPSA) is 97.1 Å². The Hall–Kier alpha value is -3.43. The number of carbonyl (C=O) groups excluding carboxylic acids is 2. The van der Waals surface area contributed by atoms with Crippen LogP contribution in [0, 0.1) is 0 Å². The van der Waals surface area contributed by atoms with Crippen LogP contribution in [0.3, 0.4) is 0 Å². The molecule has 0 aliphatic rings. The molecule has 4 aromatic rings. The fraction of sp³-hybridized carbons (Fsp3) is 0.258. The second-order valence-corrected chi connectivity index (χ2v) is 10.8. The minimum Gasteiger partial charge on any atom is -0.490 e. The van der Waals surface area contributed by atoms with Crippen molar-refractivity contribution >= 4 is 69.4 Å². The zero-order chi connectivity index (χ0) is 30.9. The van der Waals surface area contributed by atoms with Gasteiger partial charge in [-0.2, -0.15) is 0 Å². The van der Waals surface area contributed by atoms with Crippen LogP contribution in [0.1, 0.15) is 35.2 Å². The molecule has 8 nitrogen and oxygen atoms in total. The van der Waals surface area contributed by atoms with E-state index in [-0.39, 0.29) is 12.4 Å². The summed E-state index contributed by atoms with van der Waals surface area (Å²) >= 11 is 25.6. The average Bonchev–Trinajstić information content (AvgIpc) is 3.42. The van der Waals surface area contributed by atoms with Gasteiger partial charge in [-0.25, -0.2) is 9.78 Å². The van der Waals surface area contributed by atoms with E-state index in [9.17, 15) is 9.59 Å². The fourth-order valence-electron chi connectivity index (χ4n) is 4.05. The van der Waals surface area contributed by atoms with Crippen LogP contribution in [0.2, 0.25) is 20.1 Å². The molecule has 0 unspecified atom stereocenters. The summed E-state index contributed by atoms with van der Waals surface area (Å²) < 4.78 is 26.8. The van der Waals surface area contributed by atoms with Crippen molar-refractivity contribution in [1.29, 1.82) is 0 Å². The molecule has 0 saturated heterocycles. The van der Waals surface area contributed by atoms with E-state index in [0.29, 0.717) is 92.2 Å². The van der Waals surface area contributed by atoms with E-state index in [4.69, 9.17) is 65.0 Å². The maximum Gasteiger partial charge on any atom is 0.337 e. The lowest BCUT2D eigenvalue weighted by molar-refractivity contribution is -0.140. The highest BCUT2D eigenvalue weighted by molar-refractivity contribution is 6.38. The molecule has 0 spiro atoms. The van der Waals surface area contributed by atoms with Crippen LogP contribution in [-0.2, 0) is 20.7 Å². The van der Waals surface area contributed by atoms with E-state index < -0.39 is 5.97 Å². The lowest BCUT2D eigenvalue weighted by Crippen LogP contribution is -2.02. The molecule has 226 valence electrons. The Morgan fingerprint density at radius 3 is 1.95 bits per heavy atom. The number of benzene rings is 3. The van der Waals surface area contributed by atoms with Gasteiger partial charge in [0, 0.05) is 12.0 Å². The number of nitrogens with zero attached hydrogens (tertiary/aromatic N) is 1. The normalized spacial score (nSPS) is 11.2. The molecule has 0 N–H and O–H groups in total. The summed E-state index contributed by atoms with van der Waals surface area (Å²) in [5.74, 6) is 0.284. The molecule has 0 atom stereocenters. The molecule has 3 aromatic carbocycles. The summed E-state index contributed by atoms with van der Waals surface area (Å²) in [5.41, 5.74) is 2.74. The third-order valence-electron chi connectivity index (χ3n) is 6.19. The highest BCUT2D eigenvalue weighted by atomic mass is 35.5. The Bertz CT molecular complexity index is 1600. The van der Waals surface area contributed by atoms with Gasteiger partial charge in [-0.1, -0.05) is 58.6 Å². The number of methoxy groups -OCH3 is 2. The number of ether oxygens (including phenoxy) is 4. The largest absolute Gasteiger partial charge is 0.490 e. The fourth-order valence-corrected chi connectivity index (χ4v) is 5.29. The van der Waals surface area contributed by atoms with Gasteiger partial charge in [0.25, 0.3) is 0 Å². The molecule has 1 aromatic heterocycles. The maximum absolute atomic E-state index is 11.8. The molecule has 0 aliphatic heterocycles. The molecule has 0 saturated carbocycles. The van der Waals surface area contributed by atoms with E-state index in [1.807, 2.05) is 12.2 Å². The van der Waals surface area contributed by atoms with Crippen LogP contribution in [-0.4, -0.2) is 44.4 Å². The predicted molar refractivity (Wildman–Crippen MR) is 167 cm³/mol. The number of carbonyl (C=O) groups is 2. The minimum absolute atomic E-state index is 0.239. The number of rotatable bonds is 13. The molecule has 0 bridgehead atoms. The van der Waals surface area contributed by atoms with Gasteiger partial charge in [0.15, 0.2) is 17.1 Å². The molecule has 0 fully saturated rings. The van der Waals surface area contributed by atoms with Gasteiger partial charge in [-0.05, 0) is 67.3 Å². The number of aryl methyl sites for hydroxylation is 1. The molecule has 0 radical (unpaired) electrons. The Morgan fingerprint density at radius 2 is 1.40 bits per heavy atom. The first kappa shape index (κ1) is 32.5. The lowest BCUT2D eigenvalue weighted by Gasteiger charge is -2.11. The Labute approximate surface area is 268 Å². The molecule has 1 heterocycles. The van der Waals surface area contributed by atoms with Gasteiger partial charge in [0.1, 0.15) is 5.52 Å². The van der Waals surface area contributed by atoms with E-state index in [0.717, 1.165) is 5.56 Å².